The average molecular weight is 749 g/mol. The van der Waals surface area contributed by atoms with Gasteiger partial charge in [-0.3, -0.25) is 9.59 Å². The Morgan fingerprint density at radius 1 is 0.655 bits per heavy atom. The highest BCUT2D eigenvalue weighted by atomic mass is 16.6. The highest BCUT2D eigenvalue weighted by molar-refractivity contribution is 5.87. The number of hydrogen-bond acceptors (Lipinski definition) is 6. The van der Waals surface area contributed by atoms with Crippen molar-refractivity contribution >= 4 is 45.8 Å². The number of primary amides is 2. The molecule has 4 amide bonds. The fourth-order valence-corrected chi connectivity index (χ4v) is 5.15. The number of para-hydroxylation sites is 2. The van der Waals surface area contributed by atoms with Gasteiger partial charge in [-0.2, -0.15) is 0 Å². The van der Waals surface area contributed by atoms with Crippen LogP contribution in [0.3, 0.4) is 0 Å². The predicted octanol–water partition coefficient (Wildman–Crippen LogP) is 7.56. The van der Waals surface area contributed by atoms with Gasteiger partial charge in [0.05, 0.1) is 6.54 Å². The second-order valence-corrected chi connectivity index (χ2v) is 12.5. The van der Waals surface area contributed by atoms with Crippen molar-refractivity contribution < 1.29 is 28.7 Å². The number of aromatic nitrogens is 2. The molecule has 12 heteroatoms. The van der Waals surface area contributed by atoms with E-state index in [0.29, 0.717) is 6.42 Å². The topological polar surface area (TPSA) is 194 Å². The van der Waals surface area contributed by atoms with Crippen LogP contribution in [0.5, 0.6) is 0 Å². The van der Waals surface area contributed by atoms with Crippen LogP contribution in [0.15, 0.2) is 122 Å². The number of unbranched alkanes of at least 4 members (excludes halogenated alkanes) is 2. The molecule has 0 saturated heterocycles. The number of aryl methyl sites for hydroxylation is 1. The number of H-pyrrole nitrogens is 2. The average Bonchev–Trinajstić information content (AvgIpc) is 3.80. The molecule has 0 bridgehead atoms. The van der Waals surface area contributed by atoms with E-state index in [1.807, 2.05) is 103 Å². The van der Waals surface area contributed by atoms with Crippen molar-refractivity contribution in [2.24, 2.45) is 11.5 Å². The van der Waals surface area contributed by atoms with E-state index in [1.165, 1.54) is 35.7 Å². The summed E-state index contributed by atoms with van der Waals surface area (Å²) in [5.41, 5.74) is 16.4. The third-order valence-corrected chi connectivity index (χ3v) is 8.07. The second-order valence-electron chi connectivity index (χ2n) is 12.5. The van der Waals surface area contributed by atoms with Crippen LogP contribution in [0.2, 0.25) is 0 Å². The summed E-state index contributed by atoms with van der Waals surface area (Å²) in [6, 6.07) is 33.7. The van der Waals surface area contributed by atoms with Crippen molar-refractivity contribution in [1.29, 1.82) is 0 Å². The van der Waals surface area contributed by atoms with E-state index in [0.717, 1.165) is 27.6 Å². The zero-order chi connectivity index (χ0) is 39.8. The minimum atomic E-state index is -0.845. The molecule has 6 aromatic rings. The van der Waals surface area contributed by atoms with E-state index >= 15 is 0 Å². The van der Waals surface area contributed by atoms with Gasteiger partial charge in [0.1, 0.15) is 19.3 Å². The zero-order valence-corrected chi connectivity index (χ0v) is 31.7. The smallest absolute Gasteiger partial charge is 0.408 e. The monoisotopic (exact) mass is 748 g/mol. The fourth-order valence-electron chi connectivity index (χ4n) is 5.15. The number of carbonyl (C=O) groups is 4. The van der Waals surface area contributed by atoms with Crippen molar-refractivity contribution in [1.82, 2.24) is 20.6 Å². The van der Waals surface area contributed by atoms with Crippen LogP contribution in [-0.4, -0.2) is 46.6 Å². The minimum Gasteiger partial charge on any atom is -0.445 e. The molecule has 0 spiro atoms. The number of nitrogens with one attached hydrogen (secondary N) is 4. The van der Waals surface area contributed by atoms with Gasteiger partial charge in [-0.05, 0) is 41.3 Å². The van der Waals surface area contributed by atoms with E-state index in [4.69, 9.17) is 20.9 Å². The normalized spacial score (nSPS) is 10.6. The number of hydrogen-bond donors (Lipinski definition) is 6. The molecule has 4 aromatic carbocycles. The Morgan fingerprint density at radius 2 is 1.15 bits per heavy atom. The lowest BCUT2D eigenvalue weighted by Gasteiger charge is -2.15. The van der Waals surface area contributed by atoms with E-state index in [-0.39, 0.29) is 19.8 Å². The number of nitrogens with two attached hydrogens (primary N) is 2. The molecule has 8 N–H and O–H groups in total. The molecule has 1 atom stereocenters. The maximum absolute atomic E-state index is 12.0. The Balaban J connectivity index is 0.000000228. The lowest BCUT2D eigenvalue weighted by Crippen LogP contribution is -2.46. The lowest BCUT2D eigenvalue weighted by atomic mass is 10.0. The molecule has 290 valence electrons. The van der Waals surface area contributed by atoms with Gasteiger partial charge in [0.2, 0.25) is 11.8 Å². The third-order valence-electron chi connectivity index (χ3n) is 8.07. The summed E-state index contributed by atoms with van der Waals surface area (Å²) >= 11 is 0. The maximum atomic E-state index is 12.0. The van der Waals surface area contributed by atoms with Gasteiger partial charge in [0.15, 0.2) is 0 Å². The second kappa shape index (κ2) is 23.9. The van der Waals surface area contributed by atoms with Gasteiger partial charge in [-0.15, -0.1) is 0 Å². The third kappa shape index (κ3) is 15.9. The molecular weight excluding hydrogens is 697 g/mol. The van der Waals surface area contributed by atoms with Crippen molar-refractivity contribution in [3.05, 3.63) is 144 Å². The summed E-state index contributed by atoms with van der Waals surface area (Å²) in [4.78, 5) is 51.3. The molecule has 1 unspecified atom stereocenters. The van der Waals surface area contributed by atoms with E-state index in [1.54, 1.807) is 0 Å². The highest BCUT2D eigenvalue weighted by Crippen LogP contribution is 2.19. The molecular formula is C43H52N6O6. The van der Waals surface area contributed by atoms with Gasteiger partial charge in [0, 0.05) is 40.6 Å². The lowest BCUT2D eigenvalue weighted by molar-refractivity contribution is -0.120. The largest absolute Gasteiger partial charge is 0.445 e. The molecule has 0 aliphatic heterocycles. The van der Waals surface area contributed by atoms with Crippen LogP contribution >= 0.6 is 0 Å². The molecule has 0 aliphatic rings. The Bertz CT molecular complexity index is 2040. The van der Waals surface area contributed by atoms with Crippen LogP contribution in [0.1, 0.15) is 55.4 Å². The molecule has 2 heterocycles. The van der Waals surface area contributed by atoms with Gasteiger partial charge >= 0.3 is 12.2 Å². The molecule has 2 aromatic heterocycles. The van der Waals surface area contributed by atoms with Gasteiger partial charge in [-0.1, -0.05) is 130 Å². The standard InChI is InChI=1S/C19H19N3O3.C10H12N2O3.C9H9N.C5H12/c20-18(23)17(10-14-11-21-16-9-5-4-8-15(14)16)22-19(24)25-12-13-6-2-1-3-7-13;11-9(13)6-12-10(14)15-7-8-4-2-1-3-5-8;1-7-6-10-9-5-3-2-4-8(7)9;1-3-5-4-2/h1-9,11,17,21H,10,12H2,(H2,20,23)(H,22,24);1-5H,6-7H2,(H2,11,13)(H,12,14);2-6,10H,1H3;3-5H2,1-2H3. The van der Waals surface area contributed by atoms with Crippen LogP contribution in [-0.2, 0) is 38.7 Å². The Labute approximate surface area is 322 Å². The molecule has 0 radical (unpaired) electrons. The maximum Gasteiger partial charge on any atom is 0.408 e. The van der Waals surface area contributed by atoms with Crippen LogP contribution < -0.4 is 22.1 Å². The van der Waals surface area contributed by atoms with Crippen LogP contribution in [0.25, 0.3) is 21.8 Å². The van der Waals surface area contributed by atoms with Crippen molar-refractivity contribution in [2.45, 2.75) is 65.7 Å². The van der Waals surface area contributed by atoms with E-state index < -0.39 is 30.0 Å². The Kier molecular flexibility index (Phi) is 18.6. The van der Waals surface area contributed by atoms with Crippen molar-refractivity contribution in [3.63, 3.8) is 0 Å². The van der Waals surface area contributed by atoms with Crippen LogP contribution in [0, 0.1) is 6.92 Å². The molecule has 0 aliphatic carbocycles. The number of amides is 4. The van der Waals surface area contributed by atoms with Gasteiger partial charge in [0.25, 0.3) is 0 Å². The summed E-state index contributed by atoms with van der Waals surface area (Å²) in [5, 5.41) is 7.07. The molecule has 55 heavy (non-hydrogen) atoms. The quantitative estimate of drug-likeness (QED) is 0.0747. The predicted molar refractivity (Wildman–Crippen MR) is 217 cm³/mol. The number of alkyl carbamates (subject to hydrolysis) is 2. The summed E-state index contributed by atoms with van der Waals surface area (Å²) in [6.07, 6.45) is 6.89. The minimum absolute atomic E-state index is 0.130. The highest BCUT2D eigenvalue weighted by Gasteiger charge is 2.21. The number of carbonyl (C=O) groups excluding carboxylic acids is 4. The Morgan fingerprint density at radius 3 is 1.65 bits per heavy atom. The Hall–Kier alpha value is -6.56. The molecule has 0 fully saturated rings. The van der Waals surface area contributed by atoms with Crippen molar-refractivity contribution in [2.75, 3.05) is 6.54 Å². The summed E-state index contributed by atoms with van der Waals surface area (Å²) < 4.78 is 9.97. The van der Waals surface area contributed by atoms with Gasteiger partial charge in [-0.25, -0.2) is 9.59 Å². The molecule has 12 nitrogen and oxygen atoms in total. The van der Waals surface area contributed by atoms with E-state index in [2.05, 4.69) is 59.6 Å². The number of fused-ring (bicyclic) bond motifs is 2. The first-order valence-electron chi connectivity index (χ1n) is 18.2. The molecule has 0 saturated carbocycles. The first kappa shape index (κ1) is 42.8. The fraction of sp³-hybridized carbons (Fsp3) is 0.256. The number of aromatic amines is 2. The number of rotatable bonds is 12. The summed E-state index contributed by atoms with van der Waals surface area (Å²) in [6.45, 7) is 6.62. The number of benzene rings is 4. The summed E-state index contributed by atoms with van der Waals surface area (Å²) in [7, 11) is 0. The van der Waals surface area contributed by atoms with E-state index in [9.17, 15) is 19.2 Å². The summed E-state index contributed by atoms with van der Waals surface area (Å²) in [5.74, 6) is -1.21. The van der Waals surface area contributed by atoms with Gasteiger partial charge < -0.3 is 41.5 Å². The zero-order valence-electron chi connectivity index (χ0n) is 31.7. The van der Waals surface area contributed by atoms with Crippen molar-refractivity contribution in [3.8, 4) is 0 Å². The first-order valence-corrected chi connectivity index (χ1v) is 18.2. The number of ether oxygens (including phenoxy) is 2. The van der Waals surface area contributed by atoms with Crippen LogP contribution in [0.4, 0.5) is 9.59 Å². The SMILES string of the molecule is CCCCC.Cc1c[nH]c2ccccc12.NC(=O)C(Cc1c[nH]c2ccccc12)NC(=O)OCc1ccccc1.NC(=O)CNC(=O)OCc1ccccc1. The first-order chi connectivity index (χ1) is 26.6. The molecule has 6 rings (SSSR count).